The van der Waals surface area contributed by atoms with Crippen LogP contribution < -0.4 is 5.32 Å². The third kappa shape index (κ3) is 3.59. The van der Waals surface area contributed by atoms with Gasteiger partial charge in [-0.25, -0.2) is 4.39 Å². The molecular formula is C15H11ClFNO2. The molecule has 0 bridgehead atoms. The van der Waals surface area contributed by atoms with Crippen molar-refractivity contribution in [2.24, 2.45) is 0 Å². The number of aromatic hydroxyl groups is 1. The van der Waals surface area contributed by atoms with E-state index in [9.17, 15) is 14.3 Å². The van der Waals surface area contributed by atoms with Crippen LogP contribution in [0, 0.1) is 5.82 Å². The maximum Gasteiger partial charge on any atom is 0.187 e. The molecule has 5 heteroatoms. The second kappa shape index (κ2) is 6.21. The number of benzene rings is 2. The Morgan fingerprint density at radius 1 is 1.20 bits per heavy atom. The largest absolute Gasteiger partial charge is 0.506 e. The molecule has 0 spiro atoms. The lowest BCUT2D eigenvalue weighted by molar-refractivity contribution is 0.104. The molecular weight excluding hydrogens is 281 g/mol. The third-order valence-electron chi connectivity index (χ3n) is 2.56. The van der Waals surface area contributed by atoms with Gasteiger partial charge in [-0.2, -0.15) is 0 Å². The van der Waals surface area contributed by atoms with Gasteiger partial charge in [-0.15, -0.1) is 0 Å². The van der Waals surface area contributed by atoms with Gasteiger partial charge in [-0.3, -0.25) is 4.79 Å². The Kier molecular flexibility index (Phi) is 4.38. The van der Waals surface area contributed by atoms with Gasteiger partial charge in [0.15, 0.2) is 5.78 Å². The van der Waals surface area contributed by atoms with Crippen LogP contribution in [-0.4, -0.2) is 10.9 Å². The molecule has 0 aliphatic rings. The summed E-state index contributed by atoms with van der Waals surface area (Å²) in [5.74, 6) is -0.653. The molecule has 0 atom stereocenters. The van der Waals surface area contributed by atoms with Crippen molar-refractivity contribution in [2.75, 3.05) is 5.32 Å². The average Bonchev–Trinajstić information content (AvgIpc) is 2.43. The zero-order valence-corrected chi connectivity index (χ0v) is 11.1. The van der Waals surface area contributed by atoms with Crippen LogP contribution in [0.5, 0.6) is 5.75 Å². The molecule has 0 aromatic heterocycles. The number of rotatable bonds is 4. The summed E-state index contributed by atoms with van der Waals surface area (Å²) < 4.78 is 12.7. The van der Waals surface area contributed by atoms with Crippen LogP contribution in [0.3, 0.4) is 0 Å². The number of hydrogen-bond acceptors (Lipinski definition) is 3. The van der Waals surface area contributed by atoms with Crippen molar-refractivity contribution in [3.05, 3.63) is 71.1 Å². The Morgan fingerprint density at radius 2 is 1.90 bits per heavy atom. The zero-order chi connectivity index (χ0) is 14.5. The zero-order valence-electron chi connectivity index (χ0n) is 10.3. The molecule has 0 radical (unpaired) electrons. The van der Waals surface area contributed by atoms with Crippen molar-refractivity contribution in [2.45, 2.75) is 0 Å². The van der Waals surface area contributed by atoms with Crippen molar-refractivity contribution >= 4 is 23.1 Å². The van der Waals surface area contributed by atoms with Gasteiger partial charge >= 0.3 is 0 Å². The molecule has 0 aliphatic heterocycles. The van der Waals surface area contributed by atoms with Crippen molar-refractivity contribution in [1.82, 2.24) is 0 Å². The van der Waals surface area contributed by atoms with E-state index in [2.05, 4.69) is 5.32 Å². The maximum atomic E-state index is 12.7. The predicted molar refractivity (Wildman–Crippen MR) is 76.6 cm³/mol. The van der Waals surface area contributed by atoms with Crippen LogP contribution >= 0.6 is 11.6 Å². The van der Waals surface area contributed by atoms with Crippen molar-refractivity contribution in [3.8, 4) is 5.75 Å². The van der Waals surface area contributed by atoms with Crippen LogP contribution in [0.25, 0.3) is 0 Å². The lowest BCUT2D eigenvalue weighted by Crippen LogP contribution is -1.96. The molecule has 0 unspecified atom stereocenters. The predicted octanol–water partition coefficient (Wildman–Crippen LogP) is 3.99. The van der Waals surface area contributed by atoms with E-state index in [-0.39, 0.29) is 11.5 Å². The fraction of sp³-hybridized carbons (Fsp3) is 0. The van der Waals surface area contributed by atoms with Gasteiger partial charge in [0.05, 0.1) is 5.69 Å². The highest BCUT2D eigenvalue weighted by Gasteiger charge is 2.02. The Morgan fingerprint density at radius 3 is 2.60 bits per heavy atom. The van der Waals surface area contributed by atoms with Crippen molar-refractivity contribution < 1.29 is 14.3 Å². The van der Waals surface area contributed by atoms with Crippen LogP contribution in [0.15, 0.2) is 54.7 Å². The first-order valence-electron chi connectivity index (χ1n) is 5.78. The minimum Gasteiger partial charge on any atom is -0.506 e. The van der Waals surface area contributed by atoms with Gasteiger partial charge < -0.3 is 10.4 Å². The quantitative estimate of drug-likeness (QED) is 0.509. The molecule has 2 aromatic carbocycles. The van der Waals surface area contributed by atoms with Crippen LogP contribution in [0.2, 0.25) is 5.02 Å². The van der Waals surface area contributed by atoms with E-state index in [0.717, 1.165) is 0 Å². The number of phenolic OH excluding ortho intramolecular Hbond substituents is 1. The molecule has 2 aromatic rings. The van der Waals surface area contributed by atoms with E-state index in [1.54, 1.807) is 6.07 Å². The number of anilines is 1. The van der Waals surface area contributed by atoms with E-state index < -0.39 is 5.82 Å². The van der Waals surface area contributed by atoms with E-state index in [1.165, 1.54) is 48.7 Å². The monoisotopic (exact) mass is 291 g/mol. The van der Waals surface area contributed by atoms with E-state index >= 15 is 0 Å². The first kappa shape index (κ1) is 14.1. The highest BCUT2D eigenvalue weighted by molar-refractivity contribution is 6.30. The number of ketones is 1. The Hall–Kier alpha value is -2.33. The molecule has 0 heterocycles. The normalized spacial score (nSPS) is 10.7. The number of phenols is 1. The molecule has 0 amide bonds. The number of carbonyl (C=O) groups is 1. The number of hydrogen-bond donors (Lipinski definition) is 2. The highest BCUT2D eigenvalue weighted by atomic mass is 35.5. The van der Waals surface area contributed by atoms with Gasteiger partial charge in [0.1, 0.15) is 11.6 Å². The number of halogens is 2. The SMILES string of the molecule is O=C(C=CNc1cc(Cl)ccc1O)c1ccc(F)cc1. The van der Waals surface area contributed by atoms with Crippen LogP contribution in [0.4, 0.5) is 10.1 Å². The molecule has 102 valence electrons. The second-order valence-corrected chi connectivity index (χ2v) is 4.45. The smallest absolute Gasteiger partial charge is 0.187 e. The number of allylic oxidation sites excluding steroid dienone is 1. The summed E-state index contributed by atoms with van der Waals surface area (Å²) >= 11 is 5.79. The standard InChI is InChI=1S/C15H11ClFNO2/c16-11-3-6-15(20)13(9-11)18-8-7-14(19)10-1-4-12(17)5-2-10/h1-9,18,20H. The first-order valence-corrected chi connectivity index (χ1v) is 6.15. The van der Waals surface area contributed by atoms with Crippen molar-refractivity contribution in [3.63, 3.8) is 0 Å². The van der Waals surface area contributed by atoms with Gasteiger partial charge in [-0.1, -0.05) is 11.6 Å². The Balaban J connectivity index is 2.04. The topological polar surface area (TPSA) is 49.3 Å². The molecule has 3 nitrogen and oxygen atoms in total. The summed E-state index contributed by atoms with van der Waals surface area (Å²) in [6, 6.07) is 9.77. The summed E-state index contributed by atoms with van der Waals surface area (Å²) in [6.45, 7) is 0. The first-order chi connectivity index (χ1) is 9.56. The van der Waals surface area contributed by atoms with Crippen LogP contribution in [0.1, 0.15) is 10.4 Å². The summed E-state index contributed by atoms with van der Waals surface area (Å²) in [7, 11) is 0. The number of carbonyl (C=O) groups excluding carboxylic acids is 1. The summed E-state index contributed by atoms with van der Waals surface area (Å²) in [5.41, 5.74) is 0.764. The van der Waals surface area contributed by atoms with E-state index in [0.29, 0.717) is 16.3 Å². The molecule has 20 heavy (non-hydrogen) atoms. The van der Waals surface area contributed by atoms with Gasteiger partial charge in [0.2, 0.25) is 0 Å². The minimum absolute atomic E-state index is 0.0216. The maximum absolute atomic E-state index is 12.7. The fourth-order valence-corrected chi connectivity index (χ4v) is 1.71. The lowest BCUT2D eigenvalue weighted by Gasteiger charge is -2.04. The van der Waals surface area contributed by atoms with E-state index in [1.807, 2.05) is 0 Å². The fourth-order valence-electron chi connectivity index (χ4n) is 1.54. The van der Waals surface area contributed by atoms with Gasteiger partial charge in [-0.05, 0) is 42.5 Å². The summed E-state index contributed by atoms with van der Waals surface area (Å²) in [6.07, 6.45) is 2.67. The molecule has 0 fully saturated rings. The highest BCUT2D eigenvalue weighted by Crippen LogP contribution is 2.26. The molecule has 2 N–H and O–H groups in total. The Bertz CT molecular complexity index is 653. The molecule has 0 saturated heterocycles. The van der Waals surface area contributed by atoms with Crippen molar-refractivity contribution in [1.29, 1.82) is 0 Å². The molecule has 2 rings (SSSR count). The summed E-state index contributed by atoms with van der Waals surface area (Å²) in [5, 5.41) is 12.8. The second-order valence-electron chi connectivity index (χ2n) is 4.01. The molecule has 0 saturated carbocycles. The van der Waals surface area contributed by atoms with E-state index in [4.69, 9.17) is 11.6 Å². The van der Waals surface area contributed by atoms with Gasteiger partial charge in [0, 0.05) is 22.9 Å². The summed E-state index contributed by atoms with van der Waals surface area (Å²) in [4.78, 5) is 11.8. The average molecular weight is 292 g/mol. The lowest BCUT2D eigenvalue weighted by atomic mass is 10.1. The van der Waals surface area contributed by atoms with Crippen LogP contribution in [-0.2, 0) is 0 Å². The minimum atomic E-state index is -0.396. The van der Waals surface area contributed by atoms with Gasteiger partial charge in [0.25, 0.3) is 0 Å². The number of nitrogens with one attached hydrogen (secondary N) is 1. The molecule has 0 aliphatic carbocycles. The Labute approximate surface area is 120 Å². The third-order valence-corrected chi connectivity index (χ3v) is 2.80.